The number of pyridine rings is 1. The first-order valence-electron chi connectivity index (χ1n) is 6.63. The van der Waals surface area contributed by atoms with Crippen LogP contribution in [0.15, 0.2) is 18.3 Å². The number of amides is 1. The summed E-state index contributed by atoms with van der Waals surface area (Å²) in [6, 6.07) is 2.97. The van der Waals surface area contributed by atoms with Gasteiger partial charge >= 0.3 is 0 Å². The first kappa shape index (κ1) is 15.4. The Bertz CT molecular complexity index is 421. The Hall–Kier alpha value is -1.62. The Morgan fingerprint density at radius 2 is 2.16 bits per heavy atom. The van der Waals surface area contributed by atoms with E-state index in [1.54, 1.807) is 18.3 Å². The minimum atomic E-state index is -0.530. The number of anilines is 1. The van der Waals surface area contributed by atoms with Crippen molar-refractivity contribution in [1.29, 1.82) is 0 Å². The maximum absolute atomic E-state index is 12.0. The fourth-order valence-corrected chi connectivity index (χ4v) is 1.53. The van der Waals surface area contributed by atoms with E-state index in [4.69, 9.17) is 10.5 Å². The summed E-state index contributed by atoms with van der Waals surface area (Å²) < 4.78 is 5.55. The maximum Gasteiger partial charge on any atom is 0.241 e. The van der Waals surface area contributed by atoms with Crippen molar-refractivity contribution in [3.8, 4) is 5.88 Å². The lowest BCUT2D eigenvalue weighted by atomic mass is 9.99. The van der Waals surface area contributed by atoms with Gasteiger partial charge in [0.05, 0.1) is 12.1 Å². The summed E-state index contributed by atoms with van der Waals surface area (Å²) in [6.45, 7) is 7.78. The first-order chi connectivity index (χ1) is 8.95. The third-order valence-electron chi connectivity index (χ3n) is 2.94. The molecule has 0 spiro atoms. The van der Waals surface area contributed by atoms with Crippen molar-refractivity contribution in [2.45, 2.75) is 46.3 Å². The third kappa shape index (κ3) is 4.52. The van der Waals surface area contributed by atoms with Crippen molar-refractivity contribution in [2.24, 2.45) is 11.7 Å². The Labute approximate surface area is 114 Å². The zero-order chi connectivity index (χ0) is 14.4. The second-order valence-corrected chi connectivity index (χ2v) is 4.92. The number of rotatable bonds is 6. The number of nitrogens with zero attached hydrogens (tertiary/aromatic N) is 1. The van der Waals surface area contributed by atoms with Crippen LogP contribution < -0.4 is 15.8 Å². The van der Waals surface area contributed by atoms with Gasteiger partial charge in [0.2, 0.25) is 11.8 Å². The SMILES string of the molecule is CC[C@H](C)[C@H](N)C(=O)Nc1cccnc1OC(C)C. The van der Waals surface area contributed by atoms with E-state index < -0.39 is 6.04 Å². The van der Waals surface area contributed by atoms with Crippen LogP contribution in [0.5, 0.6) is 5.88 Å². The molecule has 1 amide bonds. The lowest BCUT2D eigenvalue weighted by molar-refractivity contribution is -0.118. The van der Waals surface area contributed by atoms with E-state index in [1.165, 1.54) is 0 Å². The molecule has 0 fully saturated rings. The van der Waals surface area contributed by atoms with Crippen LogP contribution in [-0.4, -0.2) is 23.0 Å². The molecule has 0 unspecified atom stereocenters. The molecular weight excluding hydrogens is 242 g/mol. The fraction of sp³-hybridized carbons (Fsp3) is 0.571. The summed E-state index contributed by atoms with van der Waals surface area (Å²) in [6.07, 6.45) is 2.48. The molecule has 0 aromatic carbocycles. The molecule has 0 aliphatic carbocycles. The predicted octanol–water partition coefficient (Wildman–Crippen LogP) is 2.18. The highest BCUT2D eigenvalue weighted by atomic mass is 16.5. The second kappa shape index (κ2) is 7.09. The molecule has 5 heteroatoms. The lowest BCUT2D eigenvalue weighted by Crippen LogP contribution is -2.40. The van der Waals surface area contributed by atoms with E-state index >= 15 is 0 Å². The van der Waals surface area contributed by atoms with Crippen LogP contribution in [0.3, 0.4) is 0 Å². The number of aromatic nitrogens is 1. The van der Waals surface area contributed by atoms with E-state index in [0.717, 1.165) is 6.42 Å². The minimum Gasteiger partial charge on any atom is -0.473 e. The van der Waals surface area contributed by atoms with Crippen LogP contribution in [0.4, 0.5) is 5.69 Å². The van der Waals surface area contributed by atoms with Crippen molar-refractivity contribution in [1.82, 2.24) is 4.98 Å². The van der Waals surface area contributed by atoms with Gasteiger partial charge in [0, 0.05) is 6.20 Å². The summed E-state index contributed by atoms with van der Waals surface area (Å²) in [5.74, 6) is 0.337. The summed E-state index contributed by atoms with van der Waals surface area (Å²) >= 11 is 0. The molecule has 1 aromatic rings. The van der Waals surface area contributed by atoms with Gasteiger partial charge in [-0.05, 0) is 31.9 Å². The van der Waals surface area contributed by atoms with E-state index in [2.05, 4.69) is 10.3 Å². The molecule has 0 radical (unpaired) electrons. The molecule has 0 aliphatic heterocycles. The van der Waals surface area contributed by atoms with Crippen LogP contribution in [0.25, 0.3) is 0 Å². The number of hydrogen-bond acceptors (Lipinski definition) is 4. The summed E-state index contributed by atoms with van der Waals surface area (Å²) in [5.41, 5.74) is 6.45. The molecule has 0 saturated heterocycles. The summed E-state index contributed by atoms with van der Waals surface area (Å²) in [7, 11) is 0. The van der Waals surface area contributed by atoms with Gasteiger partial charge < -0.3 is 15.8 Å². The minimum absolute atomic E-state index is 0.00575. The topological polar surface area (TPSA) is 77.2 Å². The maximum atomic E-state index is 12.0. The van der Waals surface area contributed by atoms with Gasteiger partial charge in [0.1, 0.15) is 5.69 Å². The zero-order valence-electron chi connectivity index (χ0n) is 12.0. The highest BCUT2D eigenvalue weighted by Gasteiger charge is 2.20. The van der Waals surface area contributed by atoms with Crippen LogP contribution in [-0.2, 0) is 4.79 Å². The van der Waals surface area contributed by atoms with Crippen LogP contribution in [0.2, 0.25) is 0 Å². The predicted molar refractivity (Wildman–Crippen MR) is 76.1 cm³/mol. The largest absolute Gasteiger partial charge is 0.473 e. The molecule has 0 aliphatic rings. The van der Waals surface area contributed by atoms with Gasteiger partial charge in [-0.1, -0.05) is 20.3 Å². The highest BCUT2D eigenvalue weighted by molar-refractivity contribution is 5.95. The van der Waals surface area contributed by atoms with E-state index in [9.17, 15) is 4.79 Å². The fourth-order valence-electron chi connectivity index (χ4n) is 1.53. The zero-order valence-corrected chi connectivity index (χ0v) is 12.0. The summed E-state index contributed by atoms with van der Waals surface area (Å²) in [5, 5.41) is 2.78. The lowest BCUT2D eigenvalue weighted by Gasteiger charge is -2.19. The van der Waals surface area contributed by atoms with Gasteiger partial charge in [-0.25, -0.2) is 4.98 Å². The number of carbonyl (C=O) groups is 1. The monoisotopic (exact) mass is 265 g/mol. The third-order valence-corrected chi connectivity index (χ3v) is 2.94. The van der Waals surface area contributed by atoms with Crippen LogP contribution in [0.1, 0.15) is 34.1 Å². The Kier molecular flexibility index (Phi) is 5.76. The molecular formula is C14H23N3O2. The molecule has 19 heavy (non-hydrogen) atoms. The Morgan fingerprint density at radius 3 is 2.74 bits per heavy atom. The van der Waals surface area contributed by atoms with Crippen LogP contribution >= 0.6 is 0 Å². The molecule has 0 saturated carbocycles. The van der Waals surface area contributed by atoms with Crippen molar-refractivity contribution in [3.05, 3.63) is 18.3 Å². The van der Waals surface area contributed by atoms with Crippen molar-refractivity contribution >= 4 is 11.6 Å². The Balaban J connectivity index is 2.79. The van der Waals surface area contributed by atoms with Gasteiger partial charge in [-0.2, -0.15) is 0 Å². The first-order valence-corrected chi connectivity index (χ1v) is 6.63. The molecule has 1 heterocycles. The van der Waals surface area contributed by atoms with E-state index in [1.807, 2.05) is 27.7 Å². The smallest absolute Gasteiger partial charge is 0.241 e. The molecule has 2 atom stereocenters. The van der Waals surface area contributed by atoms with Gasteiger partial charge in [0.25, 0.3) is 0 Å². The average Bonchev–Trinajstić information content (AvgIpc) is 2.38. The normalized spacial score (nSPS) is 14.0. The number of ether oxygens (including phenoxy) is 1. The number of nitrogens with one attached hydrogen (secondary N) is 1. The Morgan fingerprint density at radius 1 is 1.47 bits per heavy atom. The quantitative estimate of drug-likeness (QED) is 0.826. The molecule has 106 valence electrons. The van der Waals surface area contributed by atoms with Gasteiger partial charge in [0.15, 0.2) is 0 Å². The van der Waals surface area contributed by atoms with Gasteiger partial charge in [-0.3, -0.25) is 4.79 Å². The molecule has 3 N–H and O–H groups in total. The van der Waals surface area contributed by atoms with E-state index in [-0.39, 0.29) is 17.9 Å². The number of hydrogen-bond donors (Lipinski definition) is 2. The van der Waals surface area contributed by atoms with Crippen molar-refractivity contribution in [2.75, 3.05) is 5.32 Å². The molecule has 0 bridgehead atoms. The molecule has 5 nitrogen and oxygen atoms in total. The summed E-state index contributed by atoms with van der Waals surface area (Å²) in [4.78, 5) is 16.1. The van der Waals surface area contributed by atoms with Crippen molar-refractivity contribution < 1.29 is 9.53 Å². The number of carbonyl (C=O) groups excluding carboxylic acids is 1. The number of nitrogens with two attached hydrogens (primary N) is 1. The van der Waals surface area contributed by atoms with Crippen molar-refractivity contribution in [3.63, 3.8) is 0 Å². The molecule has 1 aromatic heterocycles. The molecule has 1 rings (SSSR count). The van der Waals surface area contributed by atoms with Gasteiger partial charge in [-0.15, -0.1) is 0 Å². The standard InChI is InChI=1S/C14H23N3O2/c1-5-10(4)12(15)13(18)17-11-7-6-8-16-14(11)19-9(2)3/h6-10,12H,5,15H2,1-4H3,(H,17,18)/t10-,12-/m0/s1. The average molecular weight is 265 g/mol. The van der Waals surface area contributed by atoms with E-state index in [0.29, 0.717) is 11.6 Å². The highest BCUT2D eigenvalue weighted by Crippen LogP contribution is 2.22. The van der Waals surface area contributed by atoms with Crippen LogP contribution in [0, 0.1) is 5.92 Å². The second-order valence-electron chi connectivity index (χ2n) is 4.92.